The smallest absolute Gasteiger partial charge is 0.241 e. The van der Waals surface area contributed by atoms with Gasteiger partial charge in [-0.3, -0.25) is 9.10 Å². The third-order valence-electron chi connectivity index (χ3n) is 3.63. The molecule has 0 saturated carbocycles. The molecule has 0 bridgehead atoms. The molecule has 0 fully saturated rings. The zero-order chi connectivity index (χ0) is 19.5. The van der Waals surface area contributed by atoms with Gasteiger partial charge in [0, 0.05) is 0 Å². The minimum Gasteiger partial charge on any atom is -0.348 e. The predicted octanol–water partition coefficient (Wildman–Crippen LogP) is 3.78. The van der Waals surface area contributed by atoms with Crippen LogP contribution in [0.5, 0.6) is 0 Å². The largest absolute Gasteiger partial charge is 0.348 e. The molecule has 1 atom stereocenters. The lowest BCUT2D eigenvalue weighted by atomic mass is 10.1. The molecule has 1 N–H and O–H groups in total. The second-order valence-corrected chi connectivity index (χ2v) is 8.38. The lowest BCUT2D eigenvalue weighted by molar-refractivity contribution is -0.120. The predicted molar refractivity (Wildman–Crippen MR) is 102 cm³/mol. The molecule has 0 saturated heterocycles. The fourth-order valence-electron chi connectivity index (χ4n) is 2.32. The number of carbonyl (C=O) groups excluding carboxylic acids is 1. The van der Waals surface area contributed by atoms with E-state index in [9.17, 15) is 17.6 Å². The molecule has 0 radical (unpaired) electrons. The zero-order valence-corrected chi connectivity index (χ0v) is 16.4. The summed E-state index contributed by atoms with van der Waals surface area (Å²) in [6.07, 6.45) is 0.973. The first-order valence-corrected chi connectivity index (χ1v) is 10.2. The van der Waals surface area contributed by atoms with E-state index in [4.69, 9.17) is 23.2 Å². The van der Waals surface area contributed by atoms with Gasteiger partial charge in [0.15, 0.2) is 0 Å². The highest BCUT2D eigenvalue weighted by Gasteiger charge is 2.24. The standard InChI is InChI=1S/C17H17Cl2FN2O3S/c1-11(12-6-8-13(20)9-7-12)21-16(23)10-22(26(2,24)25)15-5-3-4-14(18)17(15)19/h3-9,11H,10H2,1-2H3,(H,21,23). The summed E-state index contributed by atoms with van der Waals surface area (Å²) in [5, 5.41) is 2.90. The van der Waals surface area contributed by atoms with E-state index in [1.165, 1.54) is 24.3 Å². The molecular formula is C17H17Cl2FN2O3S. The van der Waals surface area contributed by atoms with Gasteiger partial charge < -0.3 is 5.32 Å². The van der Waals surface area contributed by atoms with Gasteiger partial charge in [0.2, 0.25) is 15.9 Å². The van der Waals surface area contributed by atoms with Crippen molar-refractivity contribution < 1.29 is 17.6 Å². The number of halogens is 3. The minimum absolute atomic E-state index is 0.0407. The van der Waals surface area contributed by atoms with Crippen molar-refractivity contribution in [3.05, 3.63) is 63.9 Å². The van der Waals surface area contributed by atoms with Gasteiger partial charge in [-0.25, -0.2) is 12.8 Å². The van der Waals surface area contributed by atoms with Crippen LogP contribution < -0.4 is 9.62 Å². The van der Waals surface area contributed by atoms with Crippen LogP contribution in [0.1, 0.15) is 18.5 Å². The monoisotopic (exact) mass is 418 g/mol. The first-order valence-electron chi connectivity index (χ1n) is 7.56. The van der Waals surface area contributed by atoms with E-state index >= 15 is 0 Å². The summed E-state index contributed by atoms with van der Waals surface area (Å²) >= 11 is 12.0. The van der Waals surface area contributed by atoms with E-state index in [2.05, 4.69) is 5.32 Å². The minimum atomic E-state index is -3.78. The van der Waals surface area contributed by atoms with Crippen LogP contribution >= 0.6 is 23.2 Å². The van der Waals surface area contributed by atoms with Crippen molar-refractivity contribution in [1.82, 2.24) is 5.32 Å². The molecular weight excluding hydrogens is 402 g/mol. The Morgan fingerprint density at radius 2 is 1.81 bits per heavy atom. The number of carbonyl (C=O) groups is 1. The van der Waals surface area contributed by atoms with Gasteiger partial charge in [-0.15, -0.1) is 0 Å². The first-order chi connectivity index (χ1) is 12.1. The number of amides is 1. The molecule has 0 spiro atoms. The number of hydrogen-bond acceptors (Lipinski definition) is 3. The Hall–Kier alpha value is -1.83. The third kappa shape index (κ3) is 5.09. The van der Waals surface area contributed by atoms with Crippen molar-refractivity contribution in [2.45, 2.75) is 13.0 Å². The maximum Gasteiger partial charge on any atom is 0.241 e. The van der Waals surface area contributed by atoms with Gasteiger partial charge in [-0.2, -0.15) is 0 Å². The molecule has 26 heavy (non-hydrogen) atoms. The molecule has 0 aliphatic heterocycles. The van der Waals surface area contributed by atoms with Crippen LogP contribution in [0.2, 0.25) is 10.0 Å². The van der Waals surface area contributed by atoms with Crippen LogP contribution in [0.3, 0.4) is 0 Å². The molecule has 2 rings (SSSR count). The normalized spacial score (nSPS) is 12.5. The van der Waals surface area contributed by atoms with Crippen LogP contribution in [0, 0.1) is 5.82 Å². The SMILES string of the molecule is CC(NC(=O)CN(c1cccc(Cl)c1Cl)S(C)(=O)=O)c1ccc(F)cc1. The summed E-state index contributed by atoms with van der Waals surface area (Å²) in [6, 6.07) is 9.75. The quantitative estimate of drug-likeness (QED) is 0.775. The van der Waals surface area contributed by atoms with Crippen molar-refractivity contribution in [2.75, 3.05) is 17.1 Å². The average molecular weight is 419 g/mol. The number of rotatable bonds is 6. The van der Waals surface area contributed by atoms with Gasteiger partial charge in [0.1, 0.15) is 12.4 Å². The topological polar surface area (TPSA) is 66.5 Å². The second-order valence-electron chi connectivity index (χ2n) is 5.68. The highest BCUT2D eigenvalue weighted by atomic mass is 35.5. The number of nitrogens with one attached hydrogen (secondary N) is 1. The Morgan fingerprint density at radius 1 is 1.19 bits per heavy atom. The Kier molecular flexibility index (Phi) is 6.49. The molecule has 0 aromatic heterocycles. The Morgan fingerprint density at radius 3 is 2.38 bits per heavy atom. The zero-order valence-electron chi connectivity index (χ0n) is 14.0. The molecule has 140 valence electrons. The first kappa shape index (κ1) is 20.5. The molecule has 1 unspecified atom stereocenters. The van der Waals surface area contributed by atoms with E-state index < -0.39 is 28.5 Å². The molecule has 0 aliphatic rings. The lowest BCUT2D eigenvalue weighted by Crippen LogP contribution is -2.41. The van der Waals surface area contributed by atoms with Gasteiger partial charge in [0.25, 0.3) is 0 Å². The van der Waals surface area contributed by atoms with Crippen LogP contribution in [0.4, 0.5) is 10.1 Å². The summed E-state index contributed by atoms with van der Waals surface area (Å²) in [5.74, 6) is -0.922. The molecule has 2 aromatic carbocycles. The highest BCUT2D eigenvalue weighted by Crippen LogP contribution is 2.33. The van der Waals surface area contributed by atoms with Crippen molar-refractivity contribution in [2.24, 2.45) is 0 Å². The number of nitrogens with zero attached hydrogens (tertiary/aromatic N) is 1. The van der Waals surface area contributed by atoms with E-state index in [1.54, 1.807) is 25.1 Å². The van der Waals surface area contributed by atoms with Crippen molar-refractivity contribution >= 4 is 44.8 Å². The van der Waals surface area contributed by atoms with E-state index in [0.29, 0.717) is 5.56 Å². The van der Waals surface area contributed by atoms with E-state index in [0.717, 1.165) is 10.6 Å². The van der Waals surface area contributed by atoms with E-state index in [1.807, 2.05) is 0 Å². The van der Waals surface area contributed by atoms with Gasteiger partial charge in [0.05, 0.1) is 28.0 Å². The lowest BCUT2D eigenvalue weighted by Gasteiger charge is -2.24. The van der Waals surface area contributed by atoms with Crippen molar-refractivity contribution in [3.8, 4) is 0 Å². The van der Waals surface area contributed by atoms with Crippen LogP contribution in [0.15, 0.2) is 42.5 Å². The number of hydrogen-bond donors (Lipinski definition) is 1. The maximum absolute atomic E-state index is 13.0. The molecule has 0 heterocycles. The maximum atomic E-state index is 13.0. The second kappa shape index (κ2) is 8.24. The Balaban J connectivity index is 2.19. The molecule has 0 aliphatic carbocycles. The summed E-state index contributed by atoms with van der Waals surface area (Å²) in [6.45, 7) is 1.24. The molecule has 9 heteroatoms. The van der Waals surface area contributed by atoms with Gasteiger partial charge >= 0.3 is 0 Å². The summed E-state index contributed by atoms with van der Waals surface area (Å²) in [4.78, 5) is 12.4. The average Bonchev–Trinajstić information content (AvgIpc) is 2.55. The highest BCUT2D eigenvalue weighted by molar-refractivity contribution is 7.92. The van der Waals surface area contributed by atoms with Gasteiger partial charge in [-0.05, 0) is 36.8 Å². The molecule has 1 amide bonds. The number of sulfonamides is 1. The summed E-state index contributed by atoms with van der Waals surface area (Å²) in [7, 11) is -3.78. The Bertz CT molecular complexity index is 905. The molecule has 2 aromatic rings. The van der Waals surface area contributed by atoms with Gasteiger partial charge in [-0.1, -0.05) is 41.4 Å². The Labute approximate surface area is 161 Å². The third-order valence-corrected chi connectivity index (χ3v) is 5.57. The van der Waals surface area contributed by atoms with E-state index in [-0.39, 0.29) is 21.5 Å². The van der Waals surface area contributed by atoms with Crippen LogP contribution in [-0.4, -0.2) is 27.1 Å². The van der Waals surface area contributed by atoms with Crippen LogP contribution in [0.25, 0.3) is 0 Å². The summed E-state index contributed by atoms with van der Waals surface area (Å²) < 4.78 is 38.1. The number of anilines is 1. The van der Waals surface area contributed by atoms with Crippen LogP contribution in [-0.2, 0) is 14.8 Å². The fraction of sp³-hybridized carbons (Fsp3) is 0.235. The fourth-order valence-corrected chi connectivity index (χ4v) is 3.63. The number of benzene rings is 2. The molecule has 5 nitrogen and oxygen atoms in total. The van der Waals surface area contributed by atoms with Crippen molar-refractivity contribution in [3.63, 3.8) is 0 Å². The van der Waals surface area contributed by atoms with Crippen molar-refractivity contribution in [1.29, 1.82) is 0 Å². The summed E-state index contributed by atoms with van der Waals surface area (Å²) in [5.41, 5.74) is 0.803.